The molecule has 0 saturated carbocycles. The topological polar surface area (TPSA) is 17.0 Å². The van der Waals surface area contributed by atoms with Crippen LogP contribution in [0, 0.1) is 0 Å². The van der Waals surface area contributed by atoms with Crippen molar-refractivity contribution in [1.29, 1.82) is 0 Å². The van der Waals surface area contributed by atoms with Crippen molar-refractivity contribution in [2.75, 3.05) is 19.6 Å². The van der Waals surface area contributed by atoms with Crippen LogP contribution in [0.2, 0.25) is 0 Å². The third kappa shape index (κ3) is 4.52. The first-order chi connectivity index (χ1) is 7.10. The quantitative estimate of drug-likeness (QED) is 0.608. The van der Waals surface area contributed by atoms with Crippen LogP contribution in [0.1, 0.15) is 53.4 Å². The lowest BCUT2D eigenvalue weighted by Crippen LogP contribution is -3.12. The van der Waals surface area contributed by atoms with Crippen LogP contribution in [0.3, 0.4) is 0 Å². The summed E-state index contributed by atoms with van der Waals surface area (Å²) in [6.45, 7) is 12.8. The van der Waals surface area contributed by atoms with Crippen LogP contribution >= 0.6 is 0 Å². The average Bonchev–Trinajstić information content (AvgIpc) is 2.78. The highest BCUT2D eigenvalue weighted by Gasteiger charge is 2.49. The Morgan fingerprint density at radius 1 is 1.07 bits per heavy atom. The van der Waals surface area contributed by atoms with Gasteiger partial charge in [-0.25, -0.2) is 0 Å². The van der Waals surface area contributed by atoms with Gasteiger partial charge in [-0.05, 0) is 26.7 Å². The van der Waals surface area contributed by atoms with Crippen molar-refractivity contribution in [1.82, 2.24) is 0 Å². The number of hydrogen-bond acceptors (Lipinski definition) is 1. The third-order valence-electron chi connectivity index (χ3n) is 3.41. The largest absolute Gasteiger partial charge is 0.361 e. The molecular formula is C13H28NO+. The Morgan fingerprint density at radius 3 is 1.87 bits per heavy atom. The van der Waals surface area contributed by atoms with E-state index in [-0.39, 0.29) is 5.60 Å². The molecule has 1 heterocycles. The number of hydrogen-bond donors (Lipinski definition) is 1. The summed E-state index contributed by atoms with van der Waals surface area (Å²) in [4.78, 5) is 1.74. The third-order valence-corrected chi connectivity index (χ3v) is 3.41. The number of rotatable bonds is 8. The zero-order valence-corrected chi connectivity index (χ0v) is 10.9. The van der Waals surface area contributed by atoms with Crippen LogP contribution in [-0.4, -0.2) is 31.3 Å². The van der Waals surface area contributed by atoms with Gasteiger partial charge in [0.2, 0.25) is 0 Å². The standard InChI is InChI=1S/C13H27NO/c1-5-7-9-14(10-8-6-2)11-12-13(3,4)15-12/h12H,5-11H2,1-4H3/p+1/t12-/m1/s1. The molecule has 0 spiro atoms. The molecule has 0 unspecified atom stereocenters. The first kappa shape index (κ1) is 13.0. The Balaban J connectivity index is 2.22. The van der Waals surface area contributed by atoms with E-state index in [4.69, 9.17) is 4.74 Å². The van der Waals surface area contributed by atoms with Crippen molar-refractivity contribution in [3.05, 3.63) is 0 Å². The number of unbranched alkanes of at least 4 members (excludes halogenated alkanes) is 2. The van der Waals surface area contributed by atoms with Crippen molar-refractivity contribution in [2.24, 2.45) is 0 Å². The summed E-state index contributed by atoms with van der Waals surface area (Å²) >= 11 is 0. The van der Waals surface area contributed by atoms with Gasteiger partial charge in [0, 0.05) is 0 Å². The lowest BCUT2D eigenvalue weighted by Gasteiger charge is -2.18. The van der Waals surface area contributed by atoms with E-state index in [2.05, 4.69) is 27.7 Å². The van der Waals surface area contributed by atoms with Crippen LogP contribution in [0.25, 0.3) is 0 Å². The van der Waals surface area contributed by atoms with E-state index in [1.54, 1.807) is 4.90 Å². The lowest BCUT2D eigenvalue weighted by molar-refractivity contribution is -0.901. The van der Waals surface area contributed by atoms with Crippen LogP contribution in [-0.2, 0) is 4.74 Å². The molecule has 0 aromatic carbocycles. The zero-order chi connectivity index (χ0) is 11.3. The maximum Gasteiger partial charge on any atom is 0.135 e. The van der Waals surface area contributed by atoms with Crippen molar-refractivity contribution in [3.8, 4) is 0 Å². The zero-order valence-electron chi connectivity index (χ0n) is 10.9. The van der Waals surface area contributed by atoms with E-state index in [0.717, 1.165) is 0 Å². The van der Waals surface area contributed by atoms with E-state index in [1.807, 2.05) is 0 Å². The molecular weight excluding hydrogens is 186 g/mol. The molecule has 15 heavy (non-hydrogen) atoms. The smallest absolute Gasteiger partial charge is 0.135 e. The SMILES string of the molecule is CCCC[NH+](CCCC)C[C@H]1OC1(C)C. The molecule has 90 valence electrons. The number of ether oxygens (including phenoxy) is 1. The monoisotopic (exact) mass is 214 g/mol. The fraction of sp³-hybridized carbons (Fsp3) is 1.00. The number of epoxide rings is 1. The molecule has 0 aromatic rings. The van der Waals surface area contributed by atoms with Crippen LogP contribution in [0.5, 0.6) is 0 Å². The molecule has 0 bridgehead atoms. The van der Waals surface area contributed by atoms with E-state index >= 15 is 0 Å². The van der Waals surface area contributed by atoms with Gasteiger partial charge in [-0.15, -0.1) is 0 Å². The summed E-state index contributed by atoms with van der Waals surface area (Å²) in [7, 11) is 0. The molecule has 1 aliphatic heterocycles. The van der Waals surface area contributed by atoms with E-state index in [0.29, 0.717) is 6.10 Å². The van der Waals surface area contributed by atoms with Gasteiger partial charge >= 0.3 is 0 Å². The van der Waals surface area contributed by atoms with Gasteiger partial charge < -0.3 is 9.64 Å². The van der Waals surface area contributed by atoms with Gasteiger partial charge in [-0.2, -0.15) is 0 Å². The fourth-order valence-corrected chi connectivity index (χ4v) is 2.06. The van der Waals surface area contributed by atoms with E-state index in [9.17, 15) is 0 Å². The first-order valence-corrected chi connectivity index (χ1v) is 6.61. The molecule has 1 fully saturated rings. The van der Waals surface area contributed by atoms with Crippen LogP contribution < -0.4 is 4.90 Å². The molecule has 1 rings (SSSR count). The van der Waals surface area contributed by atoms with Crippen molar-refractivity contribution in [2.45, 2.75) is 65.1 Å². The van der Waals surface area contributed by atoms with Gasteiger partial charge in [-0.1, -0.05) is 26.7 Å². The summed E-state index contributed by atoms with van der Waals surface area (Å²) in [6, 6.07) is 0. The molecule has 0 amide bonds. The number of nitrogens with one attached hydrogen (secondary N) is 1. The predicted octanol–water partition coefficient (Wildman–Crippen LogP) is 1.65. The Kier molecular flexibility index (Phi) is 5.07. The second kappa shape index (κ2) is 5.86. The van der Waals surface area contributed by atoms with Crippen molar-refractivity contribution >= 4 is 0 Å². The Morgan fingerprint density at radius 2 is 1.53 bits per heavy atom. The van der Waals surface area contributed by atoms with Gasteiger partial charge in [0.1, 0.15) is 12.6 Å². The highest BCUT2D eigenvalue weighted by atomic mass is 16.6. The number of quaternary nitrogens is 1. The summed E-state index contributed by atoms with van der Waals surface area (Å²) in [5.74, 6) is 0. The Hall–Kier alpha value is -0.0800. The second-order valence-corrected chi connectivity index (χ2v) is 5.37. The molecule has 0 aromatic heterocycles. The summed E-state index contributed by atoms with van der Waals surface area (Å²) in [5.41, 5.74) is 0.170. The fourth-order valence-electron chi connectivity index (χ4n) is 2.06. The lowest BCUT2D eigenvalue weighted by atomic mass is 10.1. The Labute approximate surface area is 95.0 Å². The average molecular weight is 214 g/mol. The maximum absolute atomic E-state index is 5.67. The van der Waals surface area contributed by atoms with E-state index < -0.39 is 0 Å². The predicted molar refractivity (Wildman–Crippen MR) is 64.3 cm³/mol. The molecule has 1 atom stereocenters. The van der Waals surface area contributed by atoms with Crippen LogP contribution in [0.15, 0.2) is 0 Å². The molecule has 0 radical (unpaired) electrons. The minimum atomic E-state index is 0.170. The first-order valence-electron chi connectivity index (χ1n) is 6.61. The highest BCUT2D eigenvalue weighted by molar-refractivity contribution is 4.94. The van der Waals surface area contributed by atoms with Crippen molar-refractivity contribution < 1.29 is 9.64 Å². The summed E-state index contributed by atoms with van der Waals surface area (Å²) in [6.07, 6.45) is 5.84. The van der Waals surface area contributed by atoms with Gasteiger partial charge in [-0.3, -0.25) is 0 Å². The minimum absolute atomic E-state index is 0.170. The molecule has 1 saturated heterocycles. The van der Waals surface area contributed by atoms with Gasteiger partial charge in [0.25, 0.3) is 0 Å². The van der Waals surface area contributed by atoms with Crippen LogP contribution in [0.4, 0.5) is 0 Å². The van der Waals surface area contributed by atoms with Gasteiger partial charge in [0.05, 0.1) is 18.7 Å². The molecule has 2 heteroatoms. The molecule has 1 N–H and O–H groups in total. The normalized spacial score (nSPS) is 23.4. The summed E-state index contributed by atoms with van der Waals surface area (Å²) in [5, 5.41) is 0. The summed E-state index contributed by atoms with van der Waals surface area (Å²) < 4.78 is 5.67. The van der Waals surface area contributed by atoms with E-state index in [1.165, 1.54) is 45.3 Å². The highest BCUT2D eigenvalue weighted by Crippen LogP contribution is 2.33. The Bertz CT molecular complexity index is 171. The minimum Gasteiger partial charge on any atom is -0.361 e. The molecule has 0 aliphatic carbocycles. The molecule has 2 nitrogen and oxygen atoms in total. The maximum atomic E-state index is 5.67. The van der Waals surface area contributed by atoms with Crippen molar-refractivity contribution in [3.63, 3.8) is 0 Å². The molecule has 1 aliphatic rings. The van der Waals surface area contributed by atoms with Gasteiger partial charge in [0.15, 0.2) is 0 Å². The second-order valence-electron chi connectivity index (χ2n) is 5.37.